The molecule has 0 aliphatic heterocycles. The van der Waals surface area contributed by atoms with Crippen LogP contribution in [0.2, 0.25) is 0 Å². The highest BCUT2D eigenvalue weighted by Gasteiger charge is 2.21. The highest BCUT2D eigenvalue weighted by molar-refractivity contribution is 7.96. The van der Waals surface area contributed by atoms with Crippen LogP contribution in [0.5, 0.6) is 0 Å². The van der Waals surface area contributed by atoms with Crippen molar-refractivity contribution in [1.82, 2.24) is 0 Å². The van der Waals surface area contributed by atoms with Crippen molar-refractivity contribution >= 4 is 17.6 Å². The van der Waals surface area contributed by atoms with Crippen molar-refractivity contribution in [2.45, 2.75) is 95.9 Å². The predicted molar refractivity (Wildman–Crippen MR) is 97.9 cm³/mol. The zero-order valence-corrected chi connectivity index (χ0v) is 16.6. The van der Waals surface area contributed by atoms with E-state index in [1.807, 2.05) is 0 Å². The molecule has 0 saturated heterocycles. The molecule has 2 atom stereocenters. The number of rotatable bonds is 15. The van der Waals surface area contributed by atoms with E-state index in [9.17, 15) is 13.0 Å². The van der Waals surface area contributed by atoms with Crippen molar-refractivity contribution < 1.29 is 13.0 Å². The minimum atomic E-state index is -3.15. The van der Waals surface area contributed by atoms with Crippen molar-refractivity contribution in [2.24, 2.45) is 0 Å². The van der Waals surface area contributed by atoms with E-state index in [0.29, 0.717) is 6.16 Å². The molecule has 0 bridgehead atoms. The summed E-state index contributed by atoms with van der Waals surface area (Å²) >= 11 is 0. The smallest absolute Gasteiger partial charge is 0.160 e. The maximum atomic E-state index is 11.8. The average molecular weight is 352 g/mol. The van der Waals surface area contributed by atoms with Gasteiger partial charge < -0.3 is 0 Å². The minimum absolute atomic E-state index is 0.557. The van der Waals surface area contributed by atoms with Gasteiger partial charge in [0, 0.05) is 12.4 Å². The summed E-state index contributed by atoms with van der Waals surface area (Å²) in [6, 6.07) is 0. The highest BCUT2D eigenvalue weighted by Crippen LogP contribution is 2.32. The van der Waals surface area contributed by atoms with Crippen LogP contribution in [0.4, 0.5) is 0 Å². The molecule has 0 saturated carbocycles. The van der Waals surface area contributed by atoms with Gasteiger partial charge >= 0.3 is 0 Å². The Hall–Kier alpha value is 0.0500. The fraction of sp³-hybridized carbons (Fsp3) is 1.00. The Labute approximate surface area is 139 Å². The van der Waals surface area contributed by atoms with E-state index in [1.54, 1.807) is 6.92 Å². The van der Waals surface area contributed by atoms with Gasteiger partial charge in [-0.1, -0.05) is 77.6 Å². The van der Waals surface area contributed by atoms with Gasteiger partial charge in [-0.25, -0.2) is 8.42 Å². The highest BCUT2D eigenvalue weighted by atomic mass is 32.2. The Morgan fingerprint density at radius 1 is 0.773 bits per heavy atom. The summed E-state index contributed by atoms with van der Waals surface area (Å²) in [6.45, 7) is 3.81. The summed E-state index contributed by atoms with van der Waals surface area (Å²) in [7, 11) is -4.76. The summed E-state index contributed by atoms with van der Waals surface area (Å²) in [5.74, 6) is 0. The third-order valence-electron chi connectivity index (χ3n) is 4.26. The molecule has 3 nitrogen and oxygen atoms in total. The van der Waals surface area contributed by atoms with E-state index in [4.69, 9.17) is 0 Å². The lowest BCUT2D eigenvalue weighted by Gasteiger charge is -2.08. The van der Waals surface area contributed by atoms with Crippen LogP contribution in [-0.2, 0) is 14.4 Å². The lowest BCUT2D eigenvalue weighted by molar-refractivity contribution is 0.546. The SMILES string of the molecule is CCCCCCCCCCCCCC[P](=O)C(C)S(C)(=O)=O. The molecular weight excluding hydrogens is 315 g/mol. The number of hydrogen-bond acceptors (Lipinski definition) is 3. The lowest BCUT2D eigenvalue weighted by Crippen LogP contribution is -2.12. The Balaban J connectivity index is 3.35. The number of unbranched alkanes of at least 4 members (excludes halogenated alkanes) is 11. The molecule has 2 unspecified atom stereocenters. The molecule has 0 N–H and O–H groups in total. The third kappa shape index (κ3) is 12.6. The molecule has 0 amide bonds. The van der Waals surface area contributed by atoms with Gasteiger partial charge in [-0.05, 0) is 13.3 Å². The lowest BCUT2D eigenvalue weighted by atomic mass is 10.1. The van der Waals surface area contributed by atoms with E-state index in [2.05, 4.69) is 6.92 Å². The van der Waals surface area contributed by atoms with Gasteiger partial charge in [0.05, 0.1) is 7.80 Å². The van der Waals surface area contributed by atoms with Crippen LogP contribution >= 0.6 is 7.80 Å². The van der Waals surface area contributed by atoms with Crippen LogP contribution in [0.1, 0.15) is 90.9 Å². The van der Waals surface area contributed by atoms with Gasteiger partial charge in [-0.15, -0.1) is 0 Å². The fourth-order valence-electron chi connectivity index (χ4n) is 2.50. The second kappa shape index (κ2) is 13.5. The molecule has 1 radical (unpaired) electrons. The van der Waals surface area contributed by atoms with Gasteiger partial charge in [0.2, 0.25) is 0 Å². The molecule has 0 aromatic rings. The topological polar surface area (TPSA) is 51.2 Å². The van der Waals surface area contributed by atoms with Gasteiger partial charge in [0.1, 0.15) is 4.99 Å². The van der Waals surface area contributed by atoms with Crippen LogP contribution in [-0.4, -0.2) is 25.8 Å². The summed E-state index contributed by atoms with van der Waals surface area (Å²) in [5.41, 5.74) is 0. The van der Waals surface area contributed by atoms with Crippen molar-refractivity contribution in [3.63, 3.8) is 0 Å². The zero-order chi connectivity index (χ0) is 16.8. The van der Waals surface area contributed by atoms with E-state index in [0.717, 1.165) is 12.8 Å². The molecule has 5 heteroatoms. The molecule has 0 fully saturated rings. The van der Waals surface area contributed by atoms with Crippen molar-refractivity contribution in [1.29, 1.82) is 0 Å². The van der Waals surface area contributed by atoms with Crippen LogP contribution < -0.4 is 0 Å². The molecule has 0 aliphatic carbocycles. The van der Waals surface area contributed by atoms with Gasteiger partial charge in [0.15, 0.2) is 9.84 Å². The molecule has 133 valence electrons. The van der Waals surface area contributed by atoms with Gasteiger partial charge in [-0.3, -0.25) is 4.57 Å². The monoisotopic (exact) mass is 351 g/mol. The fourth-order valence-corrected chi connectivity index (χ4v) is 5.43. The van der Waals surface area contributed by atoms with Crippen LogP contribution in [0.15, 0.2) is 0 Å². The maximum Gasteiger partial charge on any atom is 0.160 e. The molecule has 0 aliphatic rings. The normalized spacial score (nSPS) is 14.0. The summed E-state index contributed by atoms with van der Waals surface area (Å²) in [6.07, 6.45) is 17.0. The predicted octanol–water partition coefficient (Wildman–Crippen LogP) is 5.91. The summed E-state index contributed by atoms with van der Waals surface area (Å²) in [5, 5.41) is 0. The van der Waals surface area contributed by atoms with E-state index in [-0.39, 0.29) is 0 Å². The maximum absolute atomic E-state index is 11.8. The van der Waals surface area contributed by atoms with Crippen molar-refractivity contribution in [3.8, 4) is 0 Å². The van der Waals surface area contributed by atoms with E-state index in [1.165, 1.54) is 70.5 Å². The molecule has 0 rings (SSSR count). The van der Waals surface area contributed by atoms with Gasteiger partial charge in [-0.2, -0.15) is 0 Å². The second-order valence-corrected chi connectivity index (χ2v) is 11.2. The Morgan fingerprint density at radius 2 is 1.14 bits per heavy atom. The third-order valence-corrected chi connectivity index (χ3v) is 8.92. The molecule has 0 heterocycles. The van der Waals surface area contributed by atoms with Crippen LogP contribution in [0.3, 0.4) is 0 Å². The Kier molecular flexibility index (Phi) is 13.5. The van der Waals surface area contributed by atoms with Crippen molar-refractivity contribution in [3.05, 3.63) is 0 Å². The van der Waals surface area contributed by atoms with E-state index < -0.39 is 22.6 Å². The molecular formula is C17H36O3PS. The Bertz CT molecular complexity index is 379. The van der Waals surface area contributed by atoms with Crippen molar-refractivity contribution in [2.75, 3.05) is 12.4 Å². The number of sulfone groups is 1. The first-order valence-electron chi connectivity index (χ1n) is 9.02. The minimum Gasteiger partial charge on any atom is -0.286 e. The summed E-state index contributed by atoms with van der Waals surface area (Å²) < 4.78 is 34.5. The zero-order valence-electron chi connectivity index (χ0n) is 14.8. The first kappa shape index (κ1) is 22.1. The quantitative estimate of drug-likeness (QED) is 0.272. The first-order chi connectivity index (χ1) is 10.4. The number of hydrogen-bond donors (Lipinski definition) is 0. The molecule has 0 spiro atoms. The molecule has 0 aromatic carbocycles. The molecule has 22 heavy (non-hydrogen) atoms. The van der Waals surface area contributed by atoms with Crippen LogP contribution in [0, 0.1) is 0 Å². The molecule has 0 aromatic heterocycles. The average Bonchev–Trinajstić information content (AvgIpc) is 2.46. The van der Waals surface area contributed by atoms with E-state index >= 15 is 0 Å². The second-order valence-electron chi connectivity index (χ2n) is 6.46. The largest absolute Gasteiger partial charge is 0.286 e. The van der Waals surface area contributed by atoms with Crippen LogP contribution in [0.25, 0.3) is 0 Å². The summed E-state index contributed by atoms with van der Waals surface area (Å²) in [4.78, 5) is -0.685. The standard InChI is InChI=1S/C17H36O3PS/c1-4-5-6-7-8-9-10-11-12-13-14-15-16-21(18)17(2)22(3,19)20/h17H,4-16H2,1-3H3. The van der Waals surface area contributed by atoms with Gasteiger partial charge in [0.25, 0.3) is 0 Å². The Morgan fingerprint density at radius 3 is 1.50 bits per heavy atom. The first-order valence-corrected chi connectivity index (χ1v) is 12.5.